The predicted molar refractivity (Wildman–Crippen MR) is 138 cm³/mol. The molecule has 0 saturated heterocycles. The van der Waals surface area contributed by atoms with E-state index in [1.54, 1.807) is 10.9 Å². The van der Waals surface area contributed by atoms with Gasteiger partial charge in [0, 0.05) is 25.5 Å². The molecule has 1 aromatic carbocycles. The fraction of sp³-hybridized carbons (Fsp3) is 0.548. The number of carbonyl (C=O) groups excluding carboxylic acids is 3. The van der Waals surface area contributed by atoms with Gasteiger partial charge in [-0.25, -0.2) is 4.68 Å². The van der Waals surface area contributed by atoms with Crippen LogP contribution >= 0.6 is 0 Å². The highest BCUT2D eigenvalue weighted by Gasteiger charge is 2.60. The Balaban J connectivity index is 1.31. The summed E-state index contributed by atoms with van der Waals surface area (Å²) >= 11 is 0. The third-order valence-corrected chi connectivity index (χ3v) is 10.6. The second kappa shape index (κ2) is 8.36. The number of rotatable bonds is 4. The van der Waals surface area contributed by atoms with Gasteiger partial charge in [-0.15, -0.1) is 0 Å². The Morgan fingerprint density at radius 3 is 2.50 bits per heavy atom. The molecule has 2 aromatic rings. The first-order valence-electron chi connectivity index (χ1n) is 13.7. The molecule has 4 aliphatic rings. The van der Waals surface area contributed by atoms with Gasteiger partial charge >= 0.3 is 0 Å². The highest BCUT2D eigenvalue weighted by Crippen LogP contribution is 2.66. The van der Waals surface area contributed by atoms with Gasteiger partial charge in [0.25, 0.3) is 0 Å². The Morgan fingerprint density at radius 1 is 0.972 bits per heavy atom. The lowest BCUT2D eigenvalue weighted by Gasteiger charge is -2.58. The number of hydrogen-bond donors (Lipinski definition) is 0. The summed E-state index contributed by atoms with van der Waals surface area (Å²) in [7, 11) is 0. The number of allylic oxidation sites excluding steroid dienone is 1. The van der Waals surface area contributed by atoms with E-state index in [0.717, 1.165) is 50.6 Å². The minimum absolute atomic E-state index is 0.0524. The normalized spacial score (nSPS) is 35.4. The summed E-state index contributed by atoms with van der Waals surface area (Å²) in [6.45, 7) is 6.25. The first-order valence-corrected chi connectivity index (χ1v) is 13.7. The van der Waals surface area contributed by atoms with Crippen LogP contribution in [0.2, 0.25) is 0 Å². The van der Waals surface area contributed by atoms with Crippen LogP contribution in [0.15, 0.2) is 48.2 Å². The number of hydrogen-bond acceptors (Lipinski definition) is 4. The lowest BCUT2D eigenvalue weighted by Crippen LogP contribution is -2.51. The summed E-state index contributed by atoms with van der Waals surface area (Å²) in [4.78, 5) is 38.8. The van der Waals surface area contributed by atoms with Crippen molar-refractivity contribution in [2.24, 2.45) is 34.5 Å². The molecule has 6 unspecified atom stereocenters. The van der Waals surface area contributed by atoms with Crippen molar-refractivity contribution in [2.45, 2.75) is 72.1 Å². The largest absolute Gasteiger partial charge is 0.295 e. The average molecular weight is 485 g/mol. The third-order valence-electron chi connectivity index (χ3n) is 10.6. The summed E-state index contributed by atoms with van der Waals surface area (Å²) in [5, 5.41) is 4.54. The number of nitrogens with zero attached hydrogens (tertiary/aromatic N) is 2. The molecule has 0 spiro atoms. The summed E-state index contributed by atoms with van der Waals surface area (Å²) in [5.41, 5.74) is 3.08. The first kappa shape index (κ1) is 23.6. The minimum Gasteiger partial charge on any atom is -0.295 e. The molecule has 188 valence electrons. The minimum atomic E-state index is -0.164. The summed E-state index contributed by atoms with van der Waals surface area (Å²) < 4.78 is 1.68. The molecule has 36 heavy (non-hydrogen) atoms. The van der Waals surface area contributed by atoms with E-state index in [1.807, 2.05) is 36.4 Å². The van der Waals surface area contributed by atoms with Gasteiger partial charge in [0.2, 0.25) is 0 Å². The van der Waals surface area contributed by atoms with Crippen molar-refractivity contribution in [1.29, 1.82) is 0 Å². The van der Waals surface area contributed by atoms with Gasteiger partial charge < -0.3 is 0 Å². The van der Waals surface area contributed by atoms with Crippen LogP contribution in [0, 0.1) is 34.5 Å². The Hall–Kier alpha value is -2.82. The molecule has 0 radical (unpaired) electrons. The first-order chi connectivity index (χ1) is 17.2. The van der Waals surface area contributed by atoms with E-state index in [1.165, 1.54) is 12.5 Å². The molecule has 0 aliphatic heterocycles. The van der Waals surface area contributed by atoms with Crippen molar-refractivity contribution in [1.82, 2.24) is 9.78 Å². The molecule has 0 N–H and O–H groups in total. The van der Waals surface area contributed by atoms with Crippen LogP contribution in [0.25, 0.3) is 5.69 Å². The smallest absolute Gasteiger partial charge is 0.180 e. The molecule has 3 fully saturated rings. The topological polar surface area (TPSA) is 69.0 Å². The van der Waals surface area contributed by atoms with Crippen molar-refractivity contribution in [3.05, 3.63) is 59.4 Å². The van der Waals surface area contributed by atoms with Crippen molar-refractivity contribution >= 4 is 17.3 Å². The van der Waals surface area contributed by atoms with E-state index in [4.69, 9.17) is 0 Å². The predicted octanol–water partition coefficient (Wildman–Crippen LogP) is 6.41. The maximum Gasteiger partial charge on any atom is 0.180 e. The SMILES string of the molecule is CC(=O)c1nn(-c2ccccc2)cc1C(=O)C1CCC2C3CCC4=CC(=O)CCC4(C)C3CCC12C. The quantitative estimate of drug-likeness (QED) is 0.471. The van der Waals surface area contributed by atoms with Crippen LogP contribution in [0.4, 0.5) is 0 Å². The fourth-order valence-electron chi connectivity index (χ4n) is 8.71. The monoisotopic (exact) mass is 484 g/mol. The standard InChI is InChI=1S/C31H36N2O3/c1-19(34)28-24(18-33(32-28)21-7-5-4-6-8-21)29(36)27-12-11-25-23-10-9-20-17-22(35)13-15-30(20,2)26(23)14-16-31(25,27)3/h4-8,17-18,23,25-27H,9-16H2,1-3H3. The Morgan fingerprint density at radius 2 is 1.75 bits per heavy atom. The molecule has 1 heterocycles. The number of fused-ring (bicyclic) bond motifs is 5. The molecule has 3 saturated carbocycles. The fourth-order valence-corrected chi connectivity index (χ4v) is 8.71. The zero-order valence-electron chi connectivity index (χ0n) is 21.6. The van der Waals surface area contributed by atoms with Gasteiger partial charge in [0.15, 0.2) is 17.3 Å². The van der Waals surface area contributed by atoms with Crippen LogP contribution in [0.3, 0.4) is 0 Å². The summed E-state index contributed by atoms with van der Waals surface area (Å²) in [5.74, 6) is 1.88. The molecular weight excluding hydrogens is 448 g/mol. The molecule has 0 bridgehead atoms. The summed E-state index contributed by atoms with van der Waals surface area (Å²) in [6.07, 6.45) is 11.6. The van der Waals surface area contributed by atoms with E-state index in [9.17, 15) is 14.4 Å². The van der Waals surface area contributed by atoms with Crippen LogP contribution in [-0.4, -0.2) is 27.1 Å². The molecule has 5 nitrogen and oxygen atoms in total. The van der Waals surface area contributed by atoms with Crippen LogP contribution in [-0.2, 0) is 4.79 Å². The summed E-state index contributed by atoms with van der Waals surface area (Å²) in [6, 6.07) is 9.67. The molecule has 1 aromatic heterocycles. The Kier molecular flexibility index (Phi) is 5.47. The van der Waals surface area contributed by atoms with E-state index < -0.39 is 0 Å². The van der Waals surface area contributed by atoms with E-state index in [-0.39, 0.29) is 34.0 Å². The Bertz CT molecular complexity index is 1270. The van der Waals surface area contributed by atoms with Crippen molar-refractivity contribution < 1.29 is 14.4 Å². The number of carbonyl (C=O) groups is 3. The van der Waals surface area contributed by atoms with E-state index >= 15 is 0 Å². The number of Topliss-reactive ketones (excluding diaryl/α,β-unsaturated/α-hetero) is 2. The average Bonchev–Trinajstić information content (AvgIpc) is 3.47. The second-order valence-corrected chi connectivity index (χ2v) is 12.2. The van der Waals surface area contributed by atoms with Crippen molar-refractivity contribution in [3.8, 4) is 5.69 Å². The number of para-hydroxylation sites is 1. The number of aromatic nitrogens is 2. The van der Waals surface area contributed by atoms with Crippen LogP contribution in [0.5, 0.6) is 0 Å². The van der Waals surface area contributed by atoms with Gasteiger partial charge in [0.05, 0.1) is 11.3 Å². The van der Waals surface area contributed by atoms with E-state index in [0.29, 0.717) is 35.5 Å². The zero-order valence-corrected chi connectivity index (χ0v) is 21.6. The van der Waals surface area contributed by atoms with Crippen LogP contribution in [0.1, 0.15) is 93.0 Å². The van der Waals surface area contributed by atoms with Gasteiger partial charge in [-0.2, -0.15) is 5.10 Å². The van der Waals surface area contributed by atoms with Gasteiger partial charge in [-0.05, 0) is 91.7 Å². The molecule has 5 heteroatoms. The maximum absolute atomic E-state index is 14.1. The lowest BCUT2D eigenvalue weighted by molar-refractivity contribution is -0.117. The molecule has 6 atom stereocenters. The molecule has 4 aliphatic carbocycles. The van der Waals surface area contributed by atoms with E-state index in [2.05, 4.69) is 18.9 Å². The highest BCUT2D eigenvalue weighted by atomic mass is 16.1. The van der Waals surface area contributed by atoms with Crippen molar-refractivity contribution in [3.63, 3.8) is 0 Å². The Labute approximate surface area is 213 Å². The second-order valence-electron chi connectivity index (χ2n) is 12.2. The molecule has 0 amide bonds. The highest BCUT2D eigenvalue weighted by molar-refractivity contribution is 6.08. The zero-order chi connectivity index (χ0) is 25.2. The number of benzene rings is 1. The van der Waals surface area contributed by atoms with Crippen LogP contribution < -0.4 is 0 Å². The maximum atomic E-state index is 14.1. The van der Waals surface area contributed by atoms with Gasteiger partial charge in [-0.3, -0.25) is 14.4 Å². The lowest BCUT2D eigenvalue weighted by atomic mass is 9.46. The molecule has 6 rings (SSSR count). The van der Waals surface area contributed by atoms with Crippen molar-refractivity contribution in [2.75, 3.05) is 0 Å². The van der Waals surface area contributed by atoms with Gasteiger partial charge in [0.1, 0.15) is 5.69 Å². The molecular formula is C31H36N2O3. The number of ketones is 3. The van der Waals surface area contributed by atoms with Gasteiger partial charge in [-0.1, -0.05) is 37.6 Å². The third kappa shape index (κ3) is 3.42.